The van der Waals surface area contributed by atoms with E-state index in [1.165, 1.54) is 34.5 Å². The van der Waals surface area contributed by atoms with Crippen molar-refractivity contribution in [3.63, 3.8) is 0 Å². The number of amides is 1. The van der Waals surface area contributed by atoms with Crippen LogP contribution in [-0.4, -0.2) is 52.5 Å². The van der Waals surface area contributed by atoms with Gasteiger partial charge in [-0.15, -0.1) is 0 Å². The van der Waals surface area contributed by atoms with Crippen molar-refractivity contribution in [2.24, 2.45) is 0 Å². The lowest BCUT2D eigenvalue weighted by Crippen LogP contribution is -2.47. The third-order valence-corrected chi connectivity index (χ3v) is 8.03. The molecule has 3 rings (SSSR count). The Bertz CT molecular complexity index is 1040. The lowest BCUT2D eigenvalue weighted by molar-refractivity contribution is -0.119. The van der Waals surface area contributed by atoms with E-state index in [0.29, 0.717) is 17.2 Å². The molecule has 1 amide bonds. The molecule has 1 aliphatic rings. The molecule has 0 saturated heterocycles. The van der Waals surface area contributed by atoms with E-state index in [2.05, 4.69) is 0 Å². The molecule has 0 radical (unpaired) electrons. The Morgan fingerprint density at radius 1 is 1.03 bits per heavy atom. The highest BCUT2D eigenvalue weighted by Crippen LogP contribution is 2.32. The van der Waals surface area contributed by atoms with E-state index in [4.69, 9.17) is 21.1 Å². The SMILES string of the molecule is COc1ccc(N(C)C(=O)CN(C2CCCCC2)S(=O)(=O)c2ccc(OC)c(Cl)c2)cc1. The van der Waals surface area contributed by atoms with Crippen molar-refractivity contribution >= 4 is 33.2 Å². The maximum absolute atomic E-state index is 13.6. The van der Waals surface area contributed by atoms with Gasteiger partial charge in [0.15, 0.2) is 0 Å². The van der Waals surface area contributed by atoms with E-state index in [9.17, 15) is 13.2 Å². The van der Waals surface area contributed by atoms with Crippen LogP contribution in [-0.2, 0) is 14.8 Å². The molecule has 9 heteroatoms. The number of likely N-dealkylation sites (N-methyl/N-ethyl adjacent to an activating group) is 1. The van der Waals surface area contributed by atoms with Gasteiger partial charge in [0.25, 0.3) is 0 Å². The van der Waals surface area contributed by atoms with Gasteiger partial charge in [-0.1, -0.05) is 30.9 Å². The number of carbonyl (C=O) groups is 1. The number of rotatable bonds is 8. The predicted octanol–water partition coefficient (Wildman–Crippen LogP) is 4.34. The molecule has 0 unspecified atom stereocenters. The first-order valence-electron chi connectivity index (χ1n) is 10.5. The van der Waals surface area contributed by atoms with Crippen molar-refractivity contribution in [1.82, 2.24) is 4.31 Å². The van der Waals surface area contributed by atoms with Crippen LogP contribution in [0.1, 0.15) is 32.1 Å². The molecule has 0 aromatic heterocycles. The monoisotopic (exact) mass is 480 g/mol. The van der Waals surface area contributed by atoms with Gasteiger partial charge in [-0.3, -0.25) is 4.79 Å². The van der Waals surface area contributed by atoms with Crippen LogP contribution < -0.4 is 14.4 Å². The average molecular weight is 481 g/mol. The topological polar surface area (TPSA) is 76.2 Å². The highest BCUT2D eigenvalue weighted by atomic mass is 35.5. The largest absolute Gasteiger partial charge is 0.497 e. The Kier molecular flexibility index (Phi) is 8.03. The quantitative estimate of drug-likeness (QED) is 0.561. The molecule has 0 aliphatic heterocycles. The maximum Gasteiger partial charge on any atom is 0.243 e. The van der Waals surface area contributed by atoms with Gasteiger partial charge in [0.2, 0.25) is 15.9 Å². The molecule has 0 atom stereocenters. The van der Waals surface area contributed by atoms with Crippen LogP contribution in [0.3, 0.4) is 0 Å². The van der Waals surface area contributed by atoms with Crippen molar-refractivity contribution in [2.75, 3.05) is 32.7 Å². The lowest BCUT2D eigenvalue weighted by atomic mass is 9.95. The number of sulfonamides is 1. The molecule has 32 heavy (non-hydrogen) atoms. The average Bonchev–Trinajstić information content (AvgIpc) is 2.82. The predicted molar refractivity (Wildman–Crippen MR) is 125 cm³/mol. The minimum Gasteiger partial charge on any atom is -0.497 e. The summed E-state index contributed by atoms with van der Waals surface area (Å²) in [4.78, 5) is 14.7. The molecule has 7 nitrogen and oxygen atoms in total. The standard InChI is InChI=1S/C23H29ClN2O5S/c1-25(17-9-11-19(30-2)12-10-17)23(27)16-26(18-7-5-4-6-8-18)32(28,29)20-13-14-22(31-3)21(24)15-20/h9-15,18H,4-8,16H2,1-3H3. The highest BCUT2D eigenvalue weighted by molar-refractivity contribution is 7.89. The molecule has 1 fully saturated rings. The summed E-state index contributed by atoms with van der Waals surface area (Å²) < 4.78 is 38.8. The second-order valence-electron chi connectivity index (χ2n) is 7.79. The molecule has 2 aromatic rings. The molecule has 174 valence electrons. The van der Waals surface area contributed by atoms with Gasteiger partial charge in [-0.2, -0.15) is 4.31 Å². The Labute approximate surface area is 194 Å². The Morgan fingerprint density at radius 2 is 1.69 bits per heavy atom. The van der Waals surface area contributed by atoms with Crippen LogP contribution >= 0.6 is 11.6 Å². The molecule has 0 N–H and O–H groups in total. The van der Waals surface area contributed by atoms with Gasteiger partial charge < -0.3 is 14.4 Å². The summed E-state index contributed by atoms with van der Waals surface area (Å²) in [6.07, 6.45) is 4.38. The number of nitrogens with zero attached hydrogens (tertiary/aromatic N) is 2. The van der Waals surface area contributed by atoms with Crippen LogP contribution in [0.4, 0.5) is 5.69 Å². The Hall–Kier alpha value is -2.29. The first-order chi connectivity index (χ1) is 15.3. The van der Waals surface area contributed by atoms with E-state index in [1.54, 1.807) is 38.4 Å². The summed E-state index contributed by atoms with van der Waals surface area (Å²) in [7, 11) is 0.736. The number of carbonyl (C=O) groups excluding carboxylic acids is 1. The summed E-state index contributed by atoms with van der Waals surface area (Å²) >= 11 is 6.19. The van der Waals surface area contributed by atoms with E-state index in [0.717, 1.165) is 32.1 Å². The molecule has 1 aliphatic carbocycles. The van der Waals surface area contributed by atoms with E-state index < -0.39 is 10.0 Å². The van der Waals surface area contributed by atoms with Gasteiger partial charge in [0.05, 0.1) is 30.7 Å². The fourth-order valence-electron chi connectivity index (χ4n) is 3.91. The second kappa shape index (κ2) is 10.6. The number of hydrogen-bond donors (Lipinski definition) is 0. The van der Waals surface area contributed by atoms with E-state index in [-0.39, 0.29) is 28.4 Å². The lowest BCUT2D eigenvalue weighted by Gasteiger charge is -2.34. The van der Waals surface area contributed by atoms with Gasteiger partial charge in [-0.25, -0.2) is 8.42 Å². The summed E-state index contributed by atoms with van der Waals surface area (Å²) in [5, 5.41) is 0.207. The van der Waals surface area contributed by atoms with E-state index >= 15 is 0 Å². The molecular formula is C23H29ClN2O5S. The van der Waals surface area contributed by atoms with Crippen LogP contribution in [0.5, 0.6) is 11.5 Å². The molecule has 0 spiro atoms. The second-order valence-corrected chi connectivity index (χ2v) is 10.1. The van der Waals surface area contributed by atoms with Crippen LogP contribution in [0.25, 0.3) is 0 Å². The minimum absolute atomic E-state index is 0.0498. The van der Waals surface area contributed by atoms with Gasteiger partial charge in [0.1, 0.15) is 11.5 Å². The Balaban J connectivity index is 1.89. The van der Waals surface area contributed by atoms with Crippen molar-refractivity contribution in [1.29, 1.82) is 0 Å². The first-order valence-corrected chi connectivity index (χ1v) is 12.4. The normalized spacial score (nSPS) is 14.9. The summed E-state index contributed by atoms with van der Waals surface area (Å²) in [5.74, 6) is 0.756. The molecule has 2 aromatic carbocycles. The smallest absolute Gasteiger partial charge is 0.243 e. The zero-order valence-corrected chi connectivity index (χ0v) is 20.2. The van der Waals surface area contributed by atoms with Crippen molar-refractivity contribution in [3.05, 3.63) is 47.5 Å². The van der Waals surface area contributed by atoms with Crippen LogP contribution in [0.2, 0.25) is 5.02 Å². The third kappa shape index (κ3) is 5.36. The van der Waals surface area contributed by atoms with E-state index in [1.807, 2.05) is 0 Å². The number of anilines is 1. The fraction of sp³-hybridized carbons (Fsp3) is 0.435. The van der Waals surface area contributed by atoms with Crippen molar-refractivity contribution in [2.45, 2.75) is 43.0 Å². The molecular weight excluding hydrogens is 452 g/mol. The molecule has 1 saturated carbocycles. The molecule has 0 heterocycles. The third-order valence-electron chi connectivity index (χ3n) is 5.84. The minimum atomic E-state index is -3.94. The number of ether oxygens (including phenoxy) is 2. The number of methoxy groups -OCH3 is 2. The van der Waals surface area contributed by atoms with Crippen molar-refractivity contribution < 1.29 is 22.7 Å². The van der Waals surface area contributed by atoms with Gasteiger partial charge in [0, 0.05) is 18.8 Å². The van der Waals surface area contributed by atoms with Gasteiger partial charge >= 0.3 is 0 Å². The zero-order chi connectivity index (χ0) is 23.3. The van der Waals surface area contributed by atoms with Gasteiger partial charge in [-0.05, 0) is 55.3 Å². The van der Waals surface area contributed by atoms with Crippen LogP contribution in [0, 0.1) is 0 Å². The highest BCUT2D eigenvalue weighted by Gasteiger charge is 2.35. The first kappa shape index (κ1) is 24.4. The maximum atomic E-state index is 13.6. The Morgan fingerprint density at radius 3 is 2.25 bits per heavy atom. The zero-order valence-electron chi connectivity index (χ0n) is 18.6. The summed E-state index contributed by atoms with van der Waals surface area (Å²) in [6, 6.07) is 11.2. The summed E-state index contributed by atoms with van der Waals surface area (Å²) in [6.45, 7) is -0.251. The van der Waals surface area contributed by atoms with Crippen molar-refractivity contribution in [3.8, 4) is 11.5 Å². The number of hydrogen-bond acceptors (Lipinski definition) is 5. The number of benzene rings is 2. The van der Waals surface area contributed by atoms with Crippen LogP contribution in [0.15, 0.2) is 47.4 Å². The summed E-state index contributed by atoms with van der Waals surface area (Å²) in [5.41, 5.74) is 0.657. The molecule has 0 bridgehead atoms. The fourth-order valence-corrected chi connectivity index (χ4v) is 5.90. The number of halogens is 1.